The fourth-order valence-electron chi connectivity index (χ4n) is 1.15. The quantitative estimate of drug-likeness (QED) is 0.665. The molecule has 0 radical (unpaired) electrons. The van der Waals surface area contributed by atoms with Gasteiger partial charge in [-0.1, -0.05) is 6.07 Å². The number of sulfone groups is 1. The molecule has 4 N–H and O–H groups in total. The van der Waals surface area contributed by atoms with Crippen LogP contribution in [0.15, 0.2) is 29.2 Å². The van der Waals surface area contributed by atoms with E-state index in [0.29, 0.717) is 5.69 Å². The van der Waals surface area contributed by atoms with Crippen LogP contribution in [0.3, 0.4) is 0 Å². The topological polar surface area (TPSA) is 92.4 Å². The van der Waals surface area contributed by atoms with Gasteiger partial charge in [0.15, 0.2) is 14.9 Å². The Morgan fingerprint density at radius 1 is 1.50 bits per heavy atom. The standard InChI is InChI=1S/C9H12N2O3S2/c10-9(15)11-7-2-1-3-8(6-7)16(13,14)5-4-12/h1-3,6,12H,4-5H2,(H3,10,11,15). The Morgan fingerprint density at radius 3 is 2.75 bits per heavy atom. The summed E-state index contributed by atoms with van der Waals surface area (Å²) in [7, 11) is -3.44. The zero-order valence-electron chi connectivity index (χ0n) is 8.38. The number of thiocarbonyl (C=S) groups is 1. The lowest BCUT2D eigenvalue weighted by molar-refractivity contribution is 0.319. The van der Waals surface area contributed by atoms with E-state index in [1.54, 1.807) is 12.1 Å². The maximum atomic E-state index is 11.6. The third kappa shape index (κ3) is 3.44. The number of benzene rings is 1. The van der Waals surface area contributed by atoms with Crippen molar-refractivity contribution in [2.75, 3.05) is 17.7 Å². The predicted molar refractivity (Wildman–Crippen MR) is 66.0 cm³/mol. The van der Waals surface area contributed by atoms with Crippen molar-refractivity contribution < 1.29 is 13.5 Å². The molecule has 0 atom stereocenters. The lowest BCUT2D eigenvalue weighted by Gasteiger charge is -2.06. The van der Waals surface area contributed by atoms with Crippen molar-refractivity contribution in [1.82, 2.24) is 0 Å². The Bertz CT molecular complexity index is 485. The molecule has 0 amide bonds. The summed E-state index contributed by atoms with van der Waals surface area (Å²) in [4.78, 5) is 0.128. The fraction of sp³-hybridized carbons (Fsp3) is 0.222. The molecule has 0 aliphatic carbocycles. The van der Waals surface area contributed by atoms with E-state index in [0.717, 1.165) is 0 Å². The first-order chi connectivity index (χ1) is 7.45. The van der Waals surface area contributed by atoms with Crippen LogP contribution in [0, 0.1) is 0 Å². The zero-order valence-corrected chi connectivity index (χ0v) is 10.0. The average molecular weight is 260 g/mol. The summed E-state index contributed by atoms with van der Waals surface area (Å²) in [5.41, 5.74) is 5.78. The van der Waals surface area contributed by atoms with E-state index in [4.69, 9.17) is 10.8 Å². The number of nitrogens with one attached hydrogen (secondary N) is 1. The third-order valence-corrected chi connectivity index (χ3v) is 3.61. The molecule has 0 bridgehead atoms. The highest BCUT2D eigenvalue weighted by Crippen LogP contribution is 2.16. The molecule has 0 fully saturated rings. The Hall–Kier alpha value is -1.18. The van der Waals surface area contributed by atoms with Gasteiger partial charge in [0.2, 0.25) is 0 Å². The van der Waals surface area contributed by atoms with Crippen molar-refractivity contribution in [2.45, 2.75) is 4.90 Å². The van der Waals surface area contributed by atoms with E-state index in [1.165, 1.54) is 12.1 Å². The molecule has 1 rings (SSSR count). The molecular weight excluding hydrogens is 248 g/mol. The smallest absolute Gasteiger partial charge is 0.180 e. The van der Waals surface area contributed by atoms with Gasteiger partial charge in [0.1, 0.15) is 0 Å². The van der Waals surface area contributed by atoms with Gasteiger partial charge in [-0.05, 0) is 30.4 Å². The molecule has 0 saturated carbocycles. The molecule has 1 aromatic carbocycles. The van der Waals surface area contributed by atoms with Gasteiger partial charge in [-0.15, -0.1) is 0 Å². The minimum atomic E-state index is -3.44. The summed E-state index contributed by atoms with van der Waals surface area (Å²) < 4.78 is 23.2. The number of nitrogens with two attached hydrogens (primary N) is 1. The molecule has 16 heavy (non-hydrogen) atoms. The summed E-state index contributed by atoms with van der Waals surface area (Å²) in [5.74, 6) is -0.302. The van der Waals surface area contributed by atoms with Crippen LogP contribution < -0.4 is 11.1 Å². The van der Waals surface area contributed by atoms with Crippen molar-refractivity contribution >= 4 is 32.9 Å². The number of aliphatic hydroxyl groups is 1. The normalized spacial score (nSPS) is 11.1. The molecule has 0 aliphatic heterocycles. The van der Waals surface area contributed by atoms with E-state index < -0.39 is 16.4 Å². The summed E-state index contributed by atoms with van der Waals surface area (Å²) in [6, 6.07) is 6.10. The monoisotopic (exact) mass is 260 g/mol. The lowest BCUT2D eigenvalue weighted by atomic mass is 10.3. The van der Waals surface area contributed by atoms with Crippen molar-refractivity contribution in [3.63, 3.8) is 0 Å². The summed E-state index contributed by atoms with van der Waals surface area (Å²) in [6.45, 7) is -0.407. The molecule has 0 aromatic heterocycles. The maximum Gasteiger partial charge on any atom is 0.180 e. The van der Waals surface area contributed by atoms with Gasteiger partial charge in [0, 0.05) is 5.69 Å². The van der Waals surface area contributed by atoms with Gasteiger partial charge in [0.25, 0.3) is 0 Å². The Morgan fingerprint density at radius 2 is 2.19 bits per heavy atom. The number of aliphatic hydroxyl groups excluding tert-OH is 1. The van der Waals surface area contributed by atoms with Gasteiger partial charge in [-0.2, -0.15) is 0 Å². The molecule has 7 heteroatoms. The summed E-state index contributed by atoms with van der Waals surface area (Å²) >= 11 is 4.64. The van der Waals surface area contributed by atoms with Crippen LogP contribution in [0.2, 0.25) is 0 Å². The highest BCUT2D eigenvalue weighted by molar-refractivity contribution is 7.91. The first kappa shape index (κ1) is 12.9. The highest BCUT2D eigenvalue weighted by Gasteiger charge is 2.13. The fourth-order valence-corrected chi connectivity index (χ4v) is 2.33. The molecule has 0 saturated heterocycles. The third-order valence-electron chi connectivity index (χ3n) is 1.82. The van der Waals surface area contributed by atoms with Gasteiger partial charge in [-0.25, -0.2) is 8.42 Å². The molecule has 0 heterocycles. The van der Waals surface area contributed by atoms with Crippen molar-refractivity contribution in [2.24, 2.45) is 5.73 Å². The highest BCUT2D eigenvalue weighted by atomic mass is 32.2. The van der Waals surface area contributed by atoms with E-state index in [1.807, 2.05) is 0 Å². The minimum absolute atomic E-state index is 0.0664. The average Bonchev–Trinajstić information content (AvgIpc) is 2.17. The van der Waals surface area contributed by atoms with Crippen LogP contribution in [0.5, 0.6) is 0 Å². The molecular formula is C9H12N2O3S2. The second kappa shape index (κ2) is 5.24. The minimum Gasteiger partial charge on any atom is -0.395 e. The van der Waals surface area contributed by atoms with Crippen molar-refractivity contribution in [1.29, 1.82) is 0 Å². The van der Waals surface area contributed by atoms with E-state index in [2.05, 4.69) is 17.5 Å². The van der Waals surface area contributed by atoms with Gasteiger partial charge in [0.05, 0.1) is 17.3 Å². The van der Waals surface area contributed by atoms with E-state index >= 15 is 0 Å². The van der Waals surface area contributed by atoms with Crippen LogP contribution in [-0.2, 0) is 9.84 Å². The molecule has 0 unspecified atom stereocenters. The van der Waals surface area contributed by atoms with Crippen LogP contribution in [-0.4, -0.2) is 31.0 Å². The van der Waals surface area contributed by atoms with Crippen LogP contribution in [0.4, 0.5) is 5.69 Å². The second-order valence-electron chi connectivity index (χ2n) is 3.06. The molecule has 0 spiro atoms. The number of hydrogen-bond donors (Lipinski definition) is 3. The van der Waals surface area contributed by atoms with E-state index in [9.17, 15) is 8.42 Å². The first-order valence-corrected chi connectivity index (χ1v) is 6.52. The molecule has 1 aromatic rings. The second-order valence-corrected chi connectivity index (χ2v) is 5.61. The van der Waals surface area contributed by atoms with Crippen LogP contribution in [0.1, 0.15) is 0 Å². The Labute approximate surface area is 99.2 Å². The van der Waals surface area contributed by atoms with Crippen LogP contribution >= 0.6 is 12.2 Å². The predicted octanol–water partition coefficient (Wildman–Crippen LogP) is 0.108. The Balaban J connectivity index is 3.03. The van der Waals surface area contributed by atoms with Crippen molar-refractivity contribution in [3.8, 4) is 0 Å². The Kier molecular flexibility index (Phi) is 4.22. The van der Waals surface area contributed by atoms with Crippen LogP contribution in [0.25, 0.3) is 0 Å². The van der Waals surface area contributed by atoms with Gasteiger partial charge < -0.3 is 16.2 Å². The van der Waals surface area contributed by atoms with Gasteiger partial charge in [-0.3, -0.25) is 0 Å². The largest absolute Gasteiger partial charge is 0.395 e. The SMILES string of the molecule is NC(=S)Nc1cccc(S(=O)(=O)CCO)c1. The number of hydrogen-bond acceptors (Lipinski definition) is 4. The lowest BCUT2D eigenvalue weighted by Crippen LogP contribution is -2.19. The number of rotatable bonds is 4. The zero-order chi connectivity index (χ0) is 12.2. The van der Waals surface area contributed by atoms with Crippen molar-refractivity contribution in [3.05, 3.63) is 24.3 Å². The first-order valence-electron chi connectivity index (χ1n) is 4.46. The molecule has 5 nitrogen and oxygen atoms in total. The summed E-state index contributed by atoms with van der Waals surface area (Å²) in [5, 5.41) is 11.4. The summed E-state index contributed by atoms with van der Waals surface area (Å²) in [6.07, 6.45) is 0. The maximum absolute atomic E-state index is 11.6. The number of anilines is 1. The molecule has 0 aliphatic rings. The van der Waals surface area contributed by atoms with E-state index in [-0.39, 0.29) is 15.8 Å². The van der Waals surface area contributed by atoms with Gasteiger partial charge >= 0.3 is 0 Å². The molecule has 88 valence electrons.